The first-order chi connectivity index (χ1) is 9.93. The molecule has 0 unspecified atom stereocenters. The highest BCUT2D eigenvalue weighted by Gasteiger charge is 1.97. The molecule has 0 aliphatic carbocycles. The molecule has 0 saturated carbocycles. The van der Waals surface area contributed by atoms with Crippen molar-refractivity contribution < 1.29 is 0 Å². The summed E-state index contributed by atoms with van der Waals surface area (Å²) in [5.74, 6) is 0.920. The molecule has 1 aromatic rings. The molecule has 4 nitrogen and oxygen atoms in total. The molecular formula is C16H31N4. The molecule has 20 heavy (non-hydrogen) atoms. The van der Waals surface area contributed by atoms with Gasteiger partial charge in [0.2, 0.25) is 0 Å². The molecule has 1 N–H and O–H groups in total. The molecule has 0 bridgehead atoms. The Bertz CT molecular complexity index is 285. The van der Waals surface area contributed by atoms with Crippen molar-refractivity contribution in [3.05, 3.63) is 12.7 Å². The molecule has 0 fully saturated rings. The van der Waals surface area contributed by atoms with E-state index >= 15 is 0 Å². The van der Waals surface area contributed by atoms with Crippen LogP contribution in [0.3, 0.4) is 0 Å². The quantitative estimate of drug-likeness (QED) is 0.504. The summed E-state index contributed by atoms with van der Waals surface area (Å²) in [5, 5.41) is 13.9. The first-order valence-electron chi connectivity index (χ1n) is 8.45. The van der Waals surface area contributed by atoms with E-state index in [4.69, 9.17) is 0 Å². The Morgan fingerprint density at radius 1 is 0.700 bits per heavy atom. The van der Waals surface area contributed by atoms with Crippen molar-refractivity contribution in [2.75, 3.05) is 0 Å². The zero-order valence-electron chi connectivity index (χ0n) is 12.9. The number of aryl methyl sites for hydroxylation is 1. The molecule has 0 spiro atoms. The molecule has 0 aliphatic rings. The SMILES string of the molecule is [CH2]CCCCCCCCCCCCCCc1nnn[nH]1. The number of unbranched alkanes of at least 4 members (excludes halogenated alkanes) is 12. The van der Waals surface area contributed by atoms with Crippen molar-refractivity contribution in [3.63, 3.8) is 0 Å². The summed E-state index contributed by atoms with van der Waals surface area (Å²) < 4.78 is 0. The summed E-state index contributed by atoms with van der Waals surface area (Å²) in [5.41, 5.74) is 0. The number of nitrogens with one attached hydrogen (secondary N) is 1. The average molecular weight is 279 g/mol. The largest absolute Gasteiger partial charge is 0.243 e. The molecule has 4 heteroatoms. The number of H-pyrrole nitrogens is 1. The Labute approximate surface area is 124 Å². The highest BCUT2D eigenvalue weighted by atomic mass is 15.5. The van der Waals surface area contributed by atoms with E-state index in [9.17, 15) is 0 Å². The summed E-state index contributed by atoms with van der Waals surface area (Å²) in [6, 6.07) is 0. The number of nitrogens with zero attached hydrogens (tertiary/aromatic N) is 3. The van der Waals surface area contributed by atoms with Crippen molar-refractivity contribution >= 4 is 0 Å². The normalized spacial score (nSPS) is 11.1. The Balaban J connectivity index is 1.70. The van der Waals surface area contributed by atoms with Crippen LogP contribution in [0.25, 0.3) is 0 Å². The molecule has 1 radical (unpaired) electrons. The zero-order chi connectivity index (χ0) is 14.3. The summed E-state index contributed by atoms with van der Waals surface area (Å²) in [6.45, 7) is 3.88. The maximum Gasteiger partial charge on any atom is 0.148 e. The second-order valence-corrected chi connectivity index (χ2v) is 5.69. The summed E-state index contributed by atoms with van der Waals surface area (Å²) in [6.07, 6.45) is 18.5. The molecule has 0 amide bonds. The number of rotatable bonds is 14. The van der Waals surface area contributed by atoms with Gasteiger partial charge in [0.05, 0.1) is 0 Å². The fourth-order valence-corrected chi connectivity index (χ4v) is 2.52. The van der Waals surface area contributed by atoms with Crippen LogP contribution in [0, 0.1) is 6.92 Å². The van der Waals surface area contributed by atoms with Gasteiger partial charge in [0.25, 0.3) is 0 Å². The van der Waals surface area contributed by atoms with Gasteiger partial charge in [-0.3, -0.25) is 0 Å². The maximum atomic E-state index is 3.89. The van der Waals surface area contributed by atoms with E-state index in [1.54, 1.807) is 0 Å². The van der Waals surface area contributed by atoms with Crippen LogP contribution in [0.2, 0.25) is 0 Å². The zero-order valence-corrected chi connectivity index (χ0v) is 12.9. The van der Waals surface area contributed by atoms with Crippen LogP contribution in [0.15, 0.2) is 0 Å². The van der Waals surface area contributed by atoms with Gasteiger partial charge in [-0.1, -0.05) is 84.0 Å². The second-order valence-electron chi connectivity index (χ2n) is 5.69. The summed E-state index contributed by atoms with van der Waals surface area (Å²) in [4.78, 5) is 0. The third-order valence-electron chi connectivity index (χ3n) is 3.80. The van der Waals surface area contributed by atoms with Gasteiger partial charge in [0, 0.05) is 6.42 Å². The van der Waals surface area contributed by atoms with E-state index in [-0.39, 0.29) is 0 Å². The van der Waals surface area contributed by atoms with Crippen LogP contribution in [0.5, 0.6) is 0 Å². The maximum absolute atomic E-state index is 3.89. The molecule has 1 aromatic heterocycles. The van der Waals surface area contributed by atoms with Crippen molar-refractivity contribution in [2.45, 2.75) is 89.9 Å². The lowest BCUT2D eigenvalue weighted by Crippen LogP contribution is -1.89. The van der Waals surface area contributed by atoms with E-state index in [2.05, 4.69) is 27.5 Å². The van der Waals surface area contributed by atoms with Gasteiger partial charge < -0.3 is 0 Å². The standard InChI is InChI=1S/C16H31N4/c1-2-3-4-5-6-7-8-9-10-11-12-13-14-15-16-17-19-20-18-16/h1-15H2,(H,17,18,19,20). The highest BCUT2D eigenvalue weighted by Crippen LogP contribution is 2.12. The van der Waals surface area contributed by atoms with Gasteiger partial charge in [-0.2, -0.15) is 0 Å². The Kier molecular flexibility index (Phi) is 11.2. The number of hydrogen-bond donors (Lipinski definition) is 1. The summed E-state index contributed by atoms with van der Waals surface area (Å²) in [7, 11) is 0. The molecule has 1 heterocycles. The average Bonchev–Trinajstić information content (AvgIpc) is 2.97. The molecule has 0 atom stereocenters. The fraction of sp³-hybridized carbons (Fsp3) is 0.875. The van der Waals surface area contributed by atoms with E-state index < -0.39 is 0 Å². The van der Waals surface area contributed by atoms with E-state index in [0.29, 0.717) is 0 Å². The smallest absolute Gasteiger partial charge is 0.148 e. The van der Waals surface area contributed by atoms with Gasteiger partial charge in [0.15, 0.2) is 0 Å². The van der Waals surface area contributed by atoms with Gasteiger partial charge in [-0.15, -0.1) is 5.10 Å². The lowest BCUT2D eigenvalue weighted by Gasteiger charge is -2.02. The molecule has 1 rings (SSSR count). The minimum absolute atomic E-state index is 0.920. The van der Waals surface area contributed by atoms with Crippen LogP contribution in [-0.2, 0) is 6.42 Å². The van der Waals surface area contributed by atoms with Crippen LogP contribution in [0.4, 0.5) is 0 Å². The number of hydrogen-bond acceptors (Lipinski definition) is 3. The fourth-order valence-electron chi connectivity index (χ4n) is 2.52. The third-order valence-corrected chi connectivity index (χ3v) is 3.80. The van der Waals surface area contributed by atoms with E-state index in [1.165, 1.54) is 77.0 Å². The van der Waals surface area contributed by atoms with Crippen LogP contribution >= 0.6 is 0 Å². The Hall–Kier alpha value is -0.930. The molecule has 0 aliphatic heterocycles. The van der Waals surface area contributed by atoms with Gasteiger partial charge in [-0.05, 0) is 16.8 Å². The predicted octanol–water partition coefficient (Wildman–Crippen LogP) is 4.65. The number of aromatic nitrogens is 4. The first-order valence-corrected chi connectivity index (χ1v) is 8.45. The molecular weight excluding hydrogens is 248 g/mol. The van der Waals surface area contributed by atoms with Crippen molar-refractivity contribution in [2.24, 2.45) is 0 Å². The van der Waals surface area contributed by atoms with Crippen LogP contribution < -0.4 is 0 Å². The highest BCUT2D eigenvalue weighted by molar-refractivity contribution is 4.74. The Morgan fingerprint density at radius 3 is 1.65 bits per heavy atom. The number of aromatic amines is 1. The minimum atomic E-state index is 0.920. The van der Waals surface area contributed by atoms with Crippen LogP contribution in [-0.4, -0.2) is 20.6 Å². The lowest BCUT2D eigenvalue weighted by atomic mass is 10.0. The Morgan fingerprint density at radius 2 is 1.20 bits per heavy atom. The summed E-state index contributed by atoms with van der Waals surface area (Å²) >= 11 is 0. The first kappa shape index (κ1) is 17.1. The van der Waals surface area contributed by atoms with Crippen LogP contribution in [0.1, 0.15) is 89.3 Å². The minimum Gasteiger partial charge on any atom is -0.243 e. The molecule has 0 saturated heterocycles. The van der Waals surface area contributed by atoms with Crippen molar-refractivity contribution in [1.82, 2.24) is 20.6 Å². The number of tetrazole rings is 1. The van der Waals surface area contributed by atoms with Gasteiger partial charge in [-0.25, -0.2) is 5.10 Å². The lowest BCUT2D eigenvalue weighted by molar-refractivity contribution is 0.540. The second kappa shape index (κ2) is 13.1. The van der Waals surface area contributed by atoms with Gasteiger partial charge in [0.1, 0.15) is 5.82 Å². The van der Waals surface area contributed by atoms with E-state index in [0.717, 1.165) is 18.7 Å². The predicted molar refractivity (Wildman–Crippen MR) is 83.3 cm³/mol. The monoisotopic (exact) mass is 279 g/mol. The van der Waals surface area contributed by atoms with Gasteiger partial charge >= 0.3 is 0 Å². The topological polar surface area (TPSA) is 54.5 Å². The van der Waals surface area contributed by atoms with Crippen molar-refractivity contribution in [3.8, 4) is 0 Å². The molecule has 0 aromatic carbocycles. The molecule has 115 valence electrons. The van der Waals surface area contributed by atoms with E-state index in [1.807, 2.05) is 0 Å². The third kappa shape index (κ3) is 9.93. The van der Waals surface area contributed by atoms with Crippen molar-refractivity contribution in [1.29, 1.82) is 0 Å².